The minimum absolute atomic E-state index is 0. The van der Waals surface area contributed by atoms with Crippen molar-refractivity contribution < 1.29 is 0 Å². The molecule has 132 valence electrons. The van der Waals surface area contributed by atoms with E-state index in [-0.39, 0.29) is 30.0 Å². The Balaban J connectivity index is 0.00000288. The van der Waals surface area contributed by atoms with E-state index in [0.29, 0.717) is 6.54 Å². The molecule has 0 amide bonds. The highest BCUT2D eigenvalue weighted by atomic mass is 127. The molecule has 0 radical (unpaired) electrons. The molecule has 0 fully saturated rings. The summed E-state index contributed by atoms with van der Waals surface area (Å²) in [6.45, 7) is 6.81. The van der Waals surface area contributed by atoms with Gasteiger partial charge >= 0.3 is 0 Å². The number of nitrogens with one attached hydrogen (secondary N) is 2. The van der Waals surface area contributed by atoms with E-state index < -0.39 is 0 Å². The molecule has 0 aliphatic rings. The van der Waals surface area contributed by atoms with Gasteiger partial charge in [-0.05, 0) is 31.4 Å². The van der Waals surface area contributed by atoms with Crippen LogP contribution in [0.4, 0.5) is 0 Å². The van der Waals surface area contributed by atoms with Crippen LogP contribution in [0, 0.1) is 6.92 Å². The maximum atomic E-state index is 4.28. The molecule has 24 heavy (non-hydrogen) atoms. The van der Waals surface area contributed by atoms with E-state index in [1.807, 2.05) is 18.5 Å². The molecule has 1 aromatic carbocycles. The molecule has 6 nitrogen and oxygen atoms in total. The van der Waals surface area contributed by atoms with Crippen LogP contribution in [0.25, 0.3) is 0 Å². The van der Waals surface area contributed by atoms with Gasteiger partial charge in [-0.2, -0.15) is 0 Å². The number of guanidine groups is 1. The molecule has 2 aromatic rings. The van der Waals surface area contributed by atoms with Crippen LogP contribution in [0.15, 0.2) is 29.3 Å². The van der Waals surface area contributed by atoms with Gasteiger partial charge in [0.25, 0.3) is 0 Å². The number of hydrogen-bond donors (Lipinski definition) is 2. The summed E-state index contributed by atoms with van der Waals surface area (Å²) in [6, 6.07) is 8.84. The molecule has 0 aliphatic carbocycles. The third-order valence-corrected chi connectivity index (χ3v) is 4.06. The lowest BCUT2D eigenvalue weighted by Crippen LogP contribution is -2.38. The summed E-state index contributed by atoms with van der Waals surface area (Å²) in [5.74, 6) is 2.53. The zero-order valence-corrected chi connectivity index (χ0v) is 17.3. The quantitative estimate of drug-likeness (QED) is 0.425. The molecule has 1 heterocycles. The van der Waals surface area contributed by atoms with Crippen LogP contribution in [0.3, 0.4) is 0 Å². The first-order chi connectivity index (χ1) is 11.0. The zero-order valence-electron chi connectivity index (χ0n) is 15.0. The maximum Gasteiger partial charge on any atom is 0.191 e. The summed E-state index contributed by atoms with van der Waals surface area (Å²) >= 11 is 0. The first kappa shape index (κ1) is 20.4. The zero-order chi connectivity index (χ0) is 16.8. The van der Waals surface area contributed by atoms with Crippen LogP contribution in [0.5, 0.6) is 0 Å². The highest BCUT2D eigenvalue weighted by molar-refractivity contribution is 14.0. The second-order valence-corrected chi connectivity index (χ2v) is 5.61. The van der Waals surface area contributed by atoms with Gasteiger partial charge in [-0.15, -0.1) is 34.2 Å². The molecular weight excluding hydrogens is 415 g/mol. The van der Waals surface area contributed by atoms with Crippen molar-refractivity contribution in [2.24, 2.45) is 12.0 Å². The van der Waals surface area contributed by atoms with E-state index in [4.69, 9.17) is 0 Å². The largest absolute Gasteiger partial charge is 0.350 e. The smallest absolute Gasteiger partial charge is 0.191 e. The Kier molecular flexibility index (Phi) is 8.17. The van der Waals surface area contributed by atoms with E-state index in [0.717, 1.165) is 24.0 Å². The number of rotatable bonds is 5. The lowest BCUT2D eigenvalue weighted by Gasteiger charge is -2.18. The van der Waals surface area contributed by atoms with Crippen molar-refractivity contribution in [3.63, 3.8) is 0 Å². The lowest BCUT2D eigenvalue weighted by atomic mass is 10.1. The number of aliphatic imine (C=N–C) groups is 1. The fourth-order valence-corrected chi connectivity index (χ4v) is 2.29. The number of halogens is 1. The van der Waals surface area contributed by atoms with E-state index >= 15 is 0 Å². The van der Waals surface area contributed by atoms with Crippen LogP contribution >= 0.6 is 24.0 Å². The normalized spacial score (nSPS) is 12.5. The molecule has 1 aromatic heterocycles. The molecule has 0 saturated heterocycles. The van der Waals surface area contributed by atoms with Gasteiger partial charge < -0.3 is 15.2 Å². The van der Waals surface area contributed by atoms with Crippen molar-refractivity contribution >= 4 is 29.9 Å². The molecule has 0 bridgehead atoms. The van der Waals surface area contributed by atoms with Gasteiger partial charge in [0.05, 0.1) is 12.6 Å². The van der Waals surface area contributed by atoms with E-state index in [2.05, 4.69) is 63.9 Å². The van der Waals surface area contributed by atoms with Crippen LogP contribution in [-0.2, 0) is 20.0 Å². The molecule has 7 heteroatoms. The third kappa shape index (κ3) is 5.19. The van der Waals surface area contributed by atoms with Crippen molar-refractivity contribution in [1.82, 2.24) is 25.4 Å². The van der Waals surface area contributed by atoms with Crippen molar-refractivity contribution in [3.05, 3.63) is 47.0 Å². The summed E-state index contributed by atoms with van der Waals surface area (Å²) in [4.78, 5) is 4.28. The molecule has 0 aliphatic heterocycles. The van der Waals surface area contributed by atoms with Crippen LogP contribution in [-0.4, -0.2) is 27.8 Å². The minimum Gasteiger partial charge on any atom is -0.350 e. The summed E-state index contributed by atoms with van der Waals surface area (Å²) < 4.78 is 1.97. The minimum atomic E-state index is 0. The first-order valence-corrected chi connectivity index (χ1v) is 7.96. The Morgan fingerprint density at radius 2 is 1.92 bits per heavy atom. The second-order valence-electron chi connectivity index (χ2n) is 5.61. The van der Waals surface area contributed by atoms with Crippen LogP contribution < -0.4 is 10.6 Å². The van der Waals surface area contributed by atoms with Crippen LogP contribution in [0.2, 0.25) is 0 Å². The molecule has 2 rings (SSSR count). The maximum absolute atomic E-state index is 4.28. The van der Waals surface area contributed by atoms with E-state index in [1.54, 1.807) is 7.05 Å². The number of aromatic nitrogens is 3. The number of nitrogens with zero attached hydrogens (tertiary/aromatic N) is 4. The van der Waals surface area contributed by atoms with Gasteiger partial charge in [0, 0.05) is 14.1 Å². The Morgan fingerprint density at radius 3 is 2.42 bits per heavy atom. The van der Waals surface area contributed by atoms with Gasteiger partial charge in [0.1, 0.15) is 5.82 Å². The first-order valence-electron chi connectivity index (χ1n) is 7.96. The predicted octanol–water partition coefficient (Wildman–Crippen LogP) is 2.73. The SMILES string of the molecule is CCc1ccc(C(C)NC(=NC)NCc2nnc(C)n2C)cc1.I. The van der Waals surface area contributed by atoms with Gasteiger partial charge in [0.15, 0.2) is 11.8 Å². The van der Waals surface area contributed by atoms with E-state index in [9.17, 15) is 0 Å². The molecule has 1 unspecified atom stereocenters. The van der Waals surface area contributed by atoms with Gasteiger partial charge in [-0.1, -0.05) is 31.2 Å². The van der Waals surface area contributed by atoms with Crippen molar-refractivity contribution in [2.75, 3.05) is 7.05 Å². The monoisotopic (exact) mass is 442 g/mol. The van der Waals surface area contributed by atoms with Crippen molar-refractivity contribution in [2.45, 2.75) is 39.8 Å². The highest BCUT2D eigenvalue weighted by Crippen LogP contribution is 2.13. The Hall–Kier alpha value is -1.64. The Morgan fingerprint density at radius 1 is 1.25 bits per heavy atom. The Bertz CT molecular complexity index is 662. The summed E-state index contributed by atoms with van der Waals surface area (Å²) in [7, 11) is 3.73. The molecule has 1 atom stereocenters. The third-order valence-electron chi connectivity index (χ3n) is 4.06. The Labute approximate surface area is 161 Å². The second kappa shape index (κ2) is 9.61. The number of hydrogen-bond acceptors (Lipinski definition) is 3. The topological polar surface area (TPSA) is 67.1 Å². The molecule has 0 spiro atoms. The van der Waals surface area contributed by atoms with Crippen molar-refractivity contribution in [1.29, 1.82) is 0 Å². The predicted molar refractivity (Wildman–Crippen MR) is 109 cm³/mol. The summed E-state index contributed by atoms with van der Waals surface area (Å²) in [6.07, 6.45) is 1.06. The van der Waals surface area contributed by atoms with Crippen molar-refractivity contribution in [3.8, 4) is 0 Å². The fraction of sp³-hybridized carbons (Fsp3) is 0.471. The van der Waals surface area contributed by atoms with Gasteiger partial charge in [-0.25, -0.2) is 0 Å². The van der Waals surface area contributed by atoms with Gasteiger partial charge in [-0.3, -0.25) is 4.99 Å². The average Bonchev–Trinajstić information content (AvgIpc) is 2.90. The fourth-order valence-electron chi connectivity index (χ4n) is 2.29. The summed E-state index contributed by atoms with van der Waals surface area (Å²) in [5.41, 5.74) is 2.58. The molecular formula is C17H27IN6. The van der Waals surface area contributed by atoms with Crippen LogP contribution in [0.1, 0.15) is 42.7 Å². The molecule has 0 saturated carbocycles. The lowest BCUT2D eigenvalue weighted by molar-refractivity contribution is 0.667. The number of aryl methyl sites for hydroxylation is 2. The van der Waals surface area contributed by atoms with E-state index in [1.165, 1.54) is 11.1 Å². The molecule has 2 N–H and O–H groups in total. The standard InChI is InChI=1S/C17H26N6.HI/c1-6-14-7-9-15(10-8-14)12(2)20-17(18-4)19-11-16-22-21-13(3)23(16)5;/h7-10,12H,6,11H2,1-5H3,(H2,18,19,20);1H. The average molecular weight is 442 g/mol. The number of benzene rings is 1. The van der Waals surface area contributed by atoms with Gasteiger partial charge in [0.2, 0.25) is 0 Å². The summed E-state index contributed by atoms with van der Waals surface area (Å²) in [5, 5.41) is 14.9. The highest BCUT2D eigenvalue weighted by Gasteiger charge is 2.09.